The molecule has 1 N–H and O–H groups in total. The summed E-state index contributed by atoms with van der Waals surface area (Å²) in [7, 11) is 0. The number of rotatable bonds is 7. The van der Waals surface area contributed by atoms with Crippen LogP contribution in [0, 0.1) is 0 Å². The topological polar surface area (TPSA) is 47.6 Å². The summed E-state index contributed by atoms with van der Waals surface area (Å²) in [4.78, 5) is 11.9. The summed E-state index contributed by atoms with van der Waals surface area (Å²) < 4.78 is 10.6. The van der Waals surface area contributed by atoms with E-state index in [-0.39, 0.29) is 5.91 Å². The summed E-state index contributed by atoms with van der Waals surface area (Å²) in [5.41, 5.74) is 3.00. The highest BCUT2D eigenvalue weighted by Crippen LogP contribution is 2.20. The minimum Gasteiger partial charge on any atom is -0.381 e. The Balaban J connectivity index is 1.74. The molecule has 1 amide bonds. The molecule has 1 aromatic rings. The van der Waals surface area contributed by atoms with Crippen LogP contribution in [0.4, 0.5) is 0 Å². The number of amides is 1. The lowest BCUT2D eigenvalue weighted by Gasteiger charge is -2.06. The van der Waals surface area contributed by atoms with Gasteiger partial charge < -0.3 is 14.8 Å². The summed E-state index contributed by atoms with van der Waals surface area (Å²) in [6, 6.07) is 5.74. The van der Waals surface area contributed by atoms with Crippen LogP contribution in [0.5, 0.6) is 0 Å². The fourth-order valence-corrected chi connectivity index (χ4v) is 2.18. The Morgan fingerprint density at radius 3 is 3.00 bits per heavy atom. The molecular formula is C14H18BrNO3. The molecule has 0 unspecified atom stereocenters. The van der Waals surface area contributed by atoms with Gasteiger partial charge in [-0.1, -0.05) is 22.0 Å². The van der Waals surface area contributed by atoms with E-state index in [9.17, 15) is 4.79 Å². The van der Waals surface area contributed by atoms with E-state index in [2.05, 4.69) is 21.2 Å². The van der Waals surface area contributed by atoms with Crippen molar-refractivity contribution in [2.75, 3.05) is 25.1 Å². The third-order valence-corrected chi connectivity index (χ3v) is 3.28. The lowest BCUT2D eigenvalue weighted by Crippen LogP contribution is -2.25. The first-order valence-electron chi connectivity index (χ1n) is 6.42. The summed E-state index contributed by atoms with van der Waals surface area (Å²) in [6.07, 6.45) is 0.826. The van der Waals surface area contributed by atoms with E-state index >= 15 is 0 Å². The van der Waals surface area contributed by atoms with Crippen LogP contribution in [0.2, 0.25) is 0 Å². The highest BCUT2D eigenvalue weighted by Gasteiger charge is 2.13. The number of ether oxygens (including phenoxy) is 2. The Bertz CT molecular complexity index is 437. The van der Waals surface area contributed by atoms with Crippen molar-refractivity contribution in [1.82, 2.24) is 5.32 Å². The maximum atomic E-state index is 11.9. The Morgan fingerprint density at radius 2 is 2.16 bits per heavy atom. The first-order chi connectivity index (χ1) is 9.31. The average molecular weight is 328 g/mol. The van der Waals surface area contributed by atoms with Crippen molar-refractivity contribution >= 4 is 21.8 Å². The zero-order chi connectivity index (χ0) is 13.5. The van der Waals surface area contributed by atoms with Crippen LogP contribution in [0.15, 0.2) is 18.2 Å². The van der Waals surface area contributed by atoms with Crippen molar-refractivity contribution in [3.8, 4) is 0 Å². The molecule has 0 saturated heterocycles. The van der Waals surface area contributed by atoms with E-state index in [1.54, 1.807) is 0 Å². The van der Waals surface area contributed by atoms with Crippen molar-refractivity contribution in [2.24, 2.45) is 0 Å². The third-order valence-electron chi connectivity index (χ3n) is 2.96. The lowest BCUT2D eigenvalue weighted by atomic mass is 10.1. The molecule has 0 fully saturated rings. The monoisotopic (exact) mass is 327 g/mol. The van der Waals surface area contributed by atoms with E-state index in [0.29, 0.717) is 38.5 Å². The van der Waals surface area contributed by atoms with Gasteiger partial charge >= 0.3 is 0 Å². The largest absolute Gasteiger partial charge is 0.381 e. The molecule has 5 heteroatoms. The van der Waals surface area contributed by atoms with Crippen LogP contribution in [0.25, 0.3) is 0 Å². The number of hydrogen-bond donors (Lipinski definition) is 1. The van der Waals surface area contributed by atoms with Crippen molar-refractivity contribution in [3.05, 3.63) is 34.9 Å². The quantitative estimate of drug-likeness (QED) is 0.617. The van der Waals surface area contributed by atoms with E-state index in [0.717, 1.165) is 17.3 Å². The normalized spacial score (nSPS) is 13.3. The van der Waals surface area contributed by atoms with Crippen LogP contribution in [0.1, 0.15) is 27.9 Å². The van der Waals surface area contributed by atoms with E-state index in [4.69, 9.17) is 9.47 Å². The van der Waals surface area contributed by atoms with Gasteiger partial charge in [-0.05, 0) is 29.7 Å². The van der Waals surface area contributed by atoms with Crippen molar-refractivity contribution in [2.45, 2.75) is 19.6 Å². The minimum atomic E-state index is -0.0322. The SMILES string of the molecule is O=C(NCCCOCCBr)c1ccc2c(c1)COC2. The van der Waals surface area contributed by atoms with Gasteiger partial charge in [-0.15, -0.1) is 0 Å². The molecule has 0 spiro atoms. The Hall–Kier alpha value is -0.910. The number of fused-ring (bicyclic) bond motifs is 1. The molecule has 0 atom stereocenters. The van der Waals surface area contributed by atoms with Gasteiger partial charge in [0.05, 0.1) is 19.8 Å². The smallest absolute Gasteiger partial charge is 0.251 e. The minimum absolute atomic E-state index is 0.0322. The van der Waals surface area contributed by atoms with Gasteiger partial charge in [0, 0.05) is 24.0 Å². The second-order valence-corrected chi connectivity index (χ2v) is 5.18. The third kappa shape index (κ3) is 4.30. The van der Waals surface area contributed by atoms with E-state index < -0.39 is 0 Å². The fourth-order valence-electron chi connectivity index (χ4n) is 1.95. The van der Waals surface area contributed by atoms with Gasteiger partial charge in [0.2, 0.25) is 0 Å². The molecule has 0 aliphatic carbocycles. The van der Waals surface area contributed by atoms with Crippen molar-refractivity contribution < 1.29 is 14.3 Å². The predicted octanol–water partition coefficient (Wildman–Crippen LogP) is 2.25. The molecule has 4 nitrogen and oxygen atoms in total. The second kappa shape index (κ2) is 7.62. The highest BCUT2D eigenvalue weighted by atomic mass is 79.9. The lowest BCUT2D eigenvalue weighted by molar-refractivity contribution is 0.0944. The Labute approximate surface area is 121 Å². The summed E-state index contributed by atoms with van der Waals surface area (Å²) in [5, 5.41) is 3.74. The average Bonchev–Trinajstić information content (AvgIpc) is 2.89. The van der Waals surface area contributed by atoms with Crippen LogP contribution < -0.4 is 5.32 Å². The zero-order valence-corrected chi connectivity index (χ0v) is 12.4. The Kier molecular flexibility index (Phi) is 5.82. The molecule has 2 rings (SSSR count). The fraction of sp³-hybridized carbons (Fsp3) is 0.500. The maximum Gasteiger partial charge on any atom is 0.251 e. The molecule has 1 aliphatic heterocycles. The second-order valence-electron chi connectivity index (χ2n) is 4.39. The van der Waals surface area contributed by atoms with Gasteiger partial charge in [0.15, 0.2) is 0 Å². The predicted molar refractivity (Wildman–Crippen MR) is 76.5 cm³/mol. The standard InChI is InChI=1S/C14H18BrNO3/c15-4-7-18-6-1-5-16-14(17)11-2-3-12-9-19-10-13(12)8-11/h2-3,8H,1,4-7,9-10H2,(H,16,17). The number of benzene rings is 1. The van der Waals surface area contributed by atoms with Gasteiger partial charge in [-0.25, -0.2) is 0 Å². The maximum absolute atomic E-state index is 11.9. The Morgan fingerprint density at radius 1 is 1.32 bits per heavy atom. The first-order valence-corrected chi connectivity index (χ1v) is 7.55. The molecule has 19 heavy (non-hydrogen) atoms. The number of nitrogens with one attached hydrogen (secondary N) is 1. The van der Waals surface area contributed by atoms with Crippen LogP contribution >= 0.6 is 15.9 Å². The van der Waals surface area contributed by atoms with Gasteiger partial charge in [-0.3, -0.25) is 4.79 Å². The molecule has 0 radical (unpaired) electrons. The number of carbonyl (C=O) groups excluding carboxylic acids is 1. The van der Waals surface area contributed by atoms with Gasteiger partial charge in [0.25, 0.3) is 5.91 Å². The molecule has 1 aliphatic rings. The van der Waals surface area contributed by atoms with Crippen molar-refractivity contribution in [1.29, 1.82) is 0 Å². The molecule has 1 heterocycles. The van der Waals surface area contributed by atoms with Gasteiger partial charge in [-0.2, -0.15) is 0 Å². The van der Waals surface area contributed by atoms with Gasteiger partial charge in [0.1, 0.15) is 0 Å². The first kappa shape index (κ1) is 14.5. The summed E-state index contributed by atoms with van der Waals surface area (Å²) in [6.45, 7) is 3.27. The van der Waals surface area contributed by atoms with E-state index in [1.807, 2.05) is 18.2 Å². The van der Waals surface area contributed by atoms with Crippen LogP contribution in [-0.4, -0.2) is 31.0 Å². The van der Waals surface area contributed by atoms with Crippen LogP contribution in [0.3, 0.4) is 0 Å². The molecule has 0 aromatic heterocycles. The molecule has 104 valence electrons. The number of carbonyl (C=O) groups is 1. The molecule has 1 aromatic carbocycles. The highest BCUT2D eigenvalue weighted by molar-refractivity contribution is 9.09. The molecule has 0 saturated carbocycles. The van der Waals surface area contributed by atoms with E-state index in [1.165, 1.54) is 5.56 Å². The number of alkyl halides is 1. The summed E-state index contributed by atoms with van der Waals surface area (Å²) >= 11 is 3.29. The molecule has 0 bridgehead atoms. The van der Waals surface area contributed by atoms with Crippen molar-refractivity contribution in [3.63, 3.8) is 0 Å². The molecular weight excluding hydrogens is 310 g/mol. The number of hydrogen-bond acceptors (Lipinski definition) is 3. The zero-order valence-electron chi connectivity index (χ0n) is 10.8. The number of halogens is 1. The summed E-state index contributed by atoms with van der Waals surface area (Å²) in [5.74, 6) is -0.0322. The van der Waals surface area contributed by atoms with Crippen LogP contribution in [-0.2, 0) is 22.7 Å².